The van der Waals surface area contributed by atoms with Crippen molar-refractivity contribution in [3.05, 3.63) is 42.2 Å². The van der Waals surface area contributed by atoms with Crippen molar-refractivity contribution in [2.24, 2.45) is 0 Å². The van der Waals surface area contributed by atoms with Crippen LogP contribution in [0.5, 0.6) is 0 Å². The molecule has 0 unspecified atom stereocenters. The summed E-state index contributed by atoms with van der Waals surface area (Å²) in [6.45, 7) is 0. The predicted octanol–water partition coefficient (Wildman–Crippen LogP) is 3.06. The van der Waals surface area contributed by atoms with E-state index in [1.54, 1.807) is 12.4 Å². The van der Waals surface area contributed by atoms with Gasteiger partial charge in [-0.25, -0.2) is 4.98 Å². The van der Waals surface area contributed by atoms with Crippen LogP contribution in [0.15, 0.2) is 36.7 Å². The number of anilines is 1. The largest absolute Gasteiger partial charge is 0.371 e. The van der Waals surface area contributed by atoms with Crippen molar-refractivity contribution in [2.45, 2.75) is 18.8 Å². The van der Waals surface area contributed by atoms with Crippen molar-refractivity contribution in [3.63, 3.8) is 0 Å². The highest BCUT2D eigenvalue weighted by Crippen LogP contribution is 2.41. The van der Waals surface area contributed by atoms with Crippen molar-refractivity contribution in [3.8, 4) is 11.3 Å². The zero-order chi connectivity index (χ0) is 11.7. The van der Waals surface area contributed by atoms with Crippen LogP contribution in [0, 0.1) is 0 Å². The molecule has 3 rings (SSSR count). The van der Waals surface area contributed by atoms with E-state index in [2.05, 4.69) is 39.6 Å². The second-order valence-corrected chi connectivity index (χ2v) is 4.40. The lowest BCUT2D eigenvalue weighted by atomic mass is 10.0. The summed E-state index contributed by atoms with van der Waals surface area (Å²) < 4.78 is 0. The maximum absolute atomic E-state index is 4.42. The van der Waals surface area contributed by atoms with Crippen molar-refractivity contribution in [2.75, 3.05) is 12.4 Å². The van der Waals surface area contributed by atoms with Gasteiger partial charge in [-0.05, 0) is 30.4 Å². The van der Waals surface area contributed by atoms with Gasteiger partial charge >= 0.3 is 0 Å². The van der Waals surface area contributed by atoms with Crippen LogP contribution in [-0.2, 0) is 0 Å². The number of hydrogen-bond donors (Lipinski definition) is 1. The van der Waals surface area contributed by atoms with Gasteiger partial charge in [-0.3, -0.25) is 4.98 Å². The van der Waals surface area contributed by atoms with Gasteiger partial charge in [0.2, 0.25) is 0 Å². The van der Waals surface area contributed by atoms with Crippen LogP contribution >= 0.6 is 0 Å². The molecule has 3 nitrogen and oxygen atoms in total. The van der Waals surface area contributed by atoms with Crippen LogP contribution in [0.3, 0.4) is 0 Å². The Labute approximate surface area is 101 Å². The Morgan fingerprint density at radius 3 is 2.76 bits per heavy atom. The summed E-state index contributed by atoms with van der Waals surface area (Å²) in [6.07, 6.45) is 6.09. The molecule has 1 fully saturated rings. The van der Waals surface area contributed by atoms with E-state index in [9.17, 15) is 0 Å². The van der Waals surface area contributed by atoms with Crippen molar-refractivity contribution >= 4 is 5.82 Å². The van der Waals surface area contributed by atoms with Gasteiger partial charge < -0.3 is 5.32 Å². The van der Waals surface area contributed by atoms with Crippen molar-refractivity contribution < 1.29 is 0 Å². The van der Waals surface area contributed by atoms with Gasteiger partial charge in [0.1, 0.15) is 5.69 Å². The van der Waals surface area contributed by atoms with Gasteiger partial charge in [0, 0.05) is 25.0 Å². The zero-order valence-electron chi connectivity index (χ0n) is 9.85. The topological polar surface area (TPSA) is 37.8 Å². The maximum atomic E-state index is 4.42. The van der Waals surface area contributed by atoms with Gasteiger partial charge in [-0.1, -0.05) is 18.2 Å². The van der Waals surface area contributed by atoms with Gasteiger partial charge in [0.15, 0.2) is 5.82 Å². The Hall–Kier alpha value is -1.90. The fourth-order valence-corrected chi connectivity index (χ4v) is 2.09. The van der Waals surface area contributed by atoms with E-state index in [0.29, 0.717) is 0 Å². The molecule has 1 aliphatic carbocycles. The van der Waals surface area contributed by atoms with E-state index in [1.165, 1.54) is 18.4 Å². The smallest absolute Gasteiger partial charge is 0.152 e. The molecule has 1 aromatic carbocycles. The third-order valence-corrected chi connectivity index (χ3v) is 3.14. The minimum atomic E-state index is 0.768. The van der Waals surface area contributed by atoms with E-state index in [0.717, 1.165) is 23.0 Å². The third kappa shape index (κ3) is 2.00. The number of nitrogens with one attached hydrogen (secondary N) is 1. The van der Waals surface area contributed by atoms with Crippen LogP contribution in [0.4, 0.5) is 5.82 Å². The lowest BCUT2D eigenvalue weighted by molar-refractivity contribution is 1.13. The summed E-state index contributed by atoms with van der Waals surface area (Å²) in [5.41, 5.74) is 3.50. The van der Waals surface area contributed by atoms with E-state index in [-0.39, 0.29) is 0 Å². The fourth-order valence-electron chi connectivity index (χ4n) is 2.09. The average Bonchev–Trinajstić information content (AvgIpc) is 3.23. The van der Waals surface area contributed by atoms with Gasteiger partial charge in [0.05, 0.1) is 0 Å². The molecule has 1 N–H and O–H groups in total. The first-order valence-corrected chi connectivity index (χ1v) is 5.97. The van der Waals surface area contributed by atoms with E-state index in [1.807, 2.05) is 7.05 Å². The standard InChI is InChI=1S/C14H15N3/c1-15-14-13(16-7-8-17-14)12-4-2-3-11(9-12)10-5-6-10/h2-4,7-10H,5-6H2,1H3,(H,15,17). The van der Waals surface area contributed by atoms with Crippen LogP contribution < -0.4 is 5.32 Å². The highest BCUT2D eigenvalue weighted by atomic mass is 15.0. The molecule has 0 bridgehead atoms. The average molecular weight is 225 g/mol. The minimum absolute atomic E-state index is 0.768. The molecule has 0 aliphatic heterocycles. The fraction of sp³-hybridized carbons (Fsp3) is 0.286. The maximum Gasteiger partial charge on any atom is 0.152 e. The first-order chi connectivity index (χ1) is 8.38. The third-order valence-electron chi connectivity index (χ3n) is 3.14. The zero-order valence-corrected chi connectivity index (χ0v) is 9.85. The lowest BCUT2D eigenvalue weighted by Gasteiger charge is -2.07. The molecule has 1 saturated carbocycles. The second kappa shape index (κ2) is 4.17. The Morgan fingerprint density at radius 1 is 1.18 bits per heavy atom. The molecule has 0 amide bonds. The normalized spacial score (nSPS) is 14.6. The molecular weight excluding hydrogens is 210 g/mol. The monoisotopic (exact) mass is 225 g/mol. The Balaban J connectivity index is 2.04. The Morgan fingerprint density at radius 2 is 2.00 bits per heavy atom. The SMILES string of the molecule is CNc1nccnc1-c1cccc(C2CC2)c1. The molecule has 1 heterocycles. The van der Waals surface area contributed by atoms with Crippen LogP contribution in [0.25, 0.3) is 11.3 Å². The van der Waals surface area contributed by atoms with E-state index < -0.39 is 0 Å². The summed E-state index contributed by atoms with van der Waals surface area (Å²) in [5.74, 6) is 1.60. The van der Waals surface area contributed by atoms with Crippen LogP contribution in [0.1, 0.15) is 24.3 Å². The van der Waals surface area contributed by atoms with Gasteiger partial charge in [-0.15, -0.1) is 0 Å². The number of rotatable bonds is 3. The molecule has 0 spiro atoms. The van der Waals surface area contributed by atoms with E-state index in [4.69, 9.17) is 0 Å². The number of benzene rings is 1. The molecule has 3 heteroatoms. The predicted molar refractivity (Wildman–Crippen MR) is 69.0 cm³/mol. The molecule has 17 heavy (non-hydrogen) atoms. The number of hydrogen-bond acceptors (Lipinski definition) is 3. The molecule has 86 valence electrons. The summed E-state index contributed by atoms with van der Waals surface area (Å²) >= 11 is 0. The molecule has 1 aromatic heterocycles. The summed E-state index contributed by atoms with van der Waals surface area (Å²) in [7, 11) is 1.87. The molecule has 0 saturated heterocycles. The van der Waals surface area contributed by atoms with Crippen molar-refractivity contribution in [1.82, 2.24) is 9.97 Å². The first-order valence-electron chi connectivity index (χ1n) is 5.97. The second-order valence-electron chi connectivity index (χ2n) is 4.40. The molecule has 1 aliphatic rings. The first kappa shape index (κ1) is 10.3. The molecule has 0 atom stereocenters. The minimum Gasteiger partial charge on any atom is -0.371 e. The van der Waals surface area contributed by atoms with Gasteiger partial charge in [0.25, 0.3) is 0 Å². The summed E-state index contributed by atoms with van der Waals surface area (Å²) in [5, 5.41) is 3.08. The number of nitrogens with zero attached hydrogens (tertiary/aromatic N) is 2. The van der Waals surface area contributed by atoms with E-state index >= 15 is 0 Å². The van der Waals surface area contributed by atoms with Crippen LogP contribution in [-0.4, -0.2) is 17.0 Å². The quantitative estimate of drug-likeness (QED) is 0.872. The van der Waals surface area contributed by atoms with Gasteiger partial charge in [-0.2, -0.15) is 0 Å². The Kier molecular flexibility index (Phi) is 2.52. The highest BCUT2D eigenvalue weighted by molar-refractivity contribution is 5.71. The summed E-state index contributed by atoms with van der Waals surface area (Å²) in [4.78, 5) is 8.71. The summed E-state index contributed by atoms with van der Waals surface area (Å²) in [6, 6.07) is 8.65. The molecular formula is C14H15N3. The Bertz CT molecular complexity index is 532. The molecule has 2 aromatic rings. The lowest BCUT2D eigenvalue weighted by Crippen LogP contribution is -1.97. The van der Waals surface area contributed by atoms with Crippen molar-refractivity contribution in [1.29, 1.82) is 0 Å². The number of aromatic nitrogens is 2. The highest BCUT2D eigenvalue weighted by Gasteiger charge is 2.23. The van der Waals surface area contributed by atoms with Crippen LogP contribution in [0.2, 0.25) is 0 Å². The molecule has 0 radical (unpaired) electrons.